The fourth-order valence-electron chi connectivity index (χ4n) is 2.48. The number of carbonyl (C=O) groups excluding carboxylic acids is 1. The molecule has 1 aliphatic rings. The SMILES string of the molecule is COC1OC(=O)OC1CCc1ccc2ccccc2c1. The minimum atomic E-state index is -0.652. The Kier molecular flexibility index (Phi) is 3.56. The molecule has 3 rings (SSSR count). The van der Waals surface area contributed by atoms with Crippen molar-refractivity contribution >= 4 is 16.9 Å². The second kappa shape index (κ2) is 5.51. The van der Waals surface area contributed by atoms with E-state index in [0.29, 0.717) is 6.42 Å². The average molecular weight is 272 g/mol. The molecule has 4 nitrogen and oxygen atoms in total. The Balaban J connectivity index is 1.69. The van der Waals surface area contributed by atoms with E-state index >= 15 is 0 Å². The minimum absolute atomic E-state index is 0.334. The van der Waals surface area contributed by atoms with Crippen LogP contribution in [0, 0.1) is 0 Å². The fraction of sp³-hybridized carbons (Fsp3) is 0.312. The molecule has 104 valence electrons. The topological polar surface area (TPSA) is 44.8 Å². The van der Waals surface area contributed by atoms with Crippen LogP contribution in [0.15, 0.2) is 42.5 Å². The van der Waals surface area contributed by atoms with Crippen LogP contribution in [0.3, 0.4) is 0 Å². The van der Waals surface area contributed by atoms with E-state index in [0.717, 1.165) is 6.42 Å². The monoisotopic (exact) mass is 272 g/mol. The van der Waals surface area contributed by atoms with Crippen LogP contribution in [0.25, 0.3) is 10.8 Å². The Hall–Kier alpha value is -2.07. The van der Waals surface area contributed by atoms with Crippen molar-refractivity contribution in [2.45, 2.75) is 25.2 Å². The van der Waals surface area contributed by atoms with Gasteiger partial charge in [0.05, 0.1) is 0 Å². The zero-order valence-electron chi connectivity index (χ0n) is 11.2. The van der Waals surface area contributed by atoms with E-state index in [-0.39, 0.29) is 6.10 Å². The Morgan fingerprint density at radius 1 is 1.10 bits per heavy atom. The van der Waals surface area contributed by atoms with Crippen LogP contribution in [0.5, 0.6) is 0 Å². The maximum absolute atomic E-state index is 11.1. The molecule has 1 aliphatic heterocycles. The summed E-state index contributed by atoms with van der Waals surface area (Å²) in [5, 5.41) is 2.44. The zero-order valence-corrected chi connectivity index (χ0v) is 11.2. The van der Waals surface area contributed by atoms with E-state index in [1.807, 2.05) is 12.1 Å². The molecule has 0 aromatic heterocycles. The van der Waals surface area contributed by atoms with Gasteiger partial charge >= 0.3 is 6.16 Å². The fourth-order valence-corrected chi connectivity index (χ4v) is 2.48. The summed E-state index contributed by atoms with van der Waals surface area (Å²) in [5.74, 6) is 0. The van der Waals surface area contributed by atoms with Gasteiger partial charge in [-0.3, -0.25) is 0 Å². The number of cyclic esters (lactones) is 2. The third kappa shape index (κ3) is 2.60. The summed E-state index contributed by atoms with van der Waals surface area (Å²) in [6, 6.07) is 14.6. The highest BCUT2D eigenvalue weighted by Gasteiger charge is 2.36. The molecule has 2 aromatic carbocycles. The highest BCUT2D eigenvalue weighted by Crippen LogP contribution is 2.22. The highest BCUT2D eigenvalue weighted by molar-refractivity contribution is 5.82. The Morgan fingerprint density at radius 2 is 1.90 bits per heavy atom. The summed E-state index contributed by atoms with van der Waals surface area (Å²) in [6.07, 6.45) is -0.0866. The van der Waals surface area contributed by atoms with Gasteiger partial charge in [-0.2, -0.15) is 0 Å². The third-order valence-corrected chi connectivity index (χ3v) is 3.53. The number of rotatable bonds is 4. The van der Waals surface area contributed by atoms with Crippen LogP contribution in [0.2, 0.25) is 0 Å². The van der Waals surface area contributed by atoms with Gasteiger partial charge in [-0.1, -0.05) is 42.5 Å². The first-order valence-electron chi connectivity index (χ1n) is 6.64. The number of hydrogen-bond acceptors (Lipinski definition) is 4. The predicted octanol–water partition coefficient (Wildman–Crippen LogP) is 3.28. The summed E-state index contributed by atoms with van der Waals surface area (Å²) in [7, 11) is 1.51. The molecule has 0 amide bonds. The second-order valence-corrected chi connectivity index (χ2v) is 4.85. The van der Waals surface area contributed by atoms with Crippen molar-refractivity contribution in [2.75, 3.05) is 7.11 Å². The Bertz CT molecular complexity index is 623. The Morgan fingerprint density at radius 3 is 2.70 bits per heavy atom. The van der Waals surface area contributed by atoms with E-state index in [1.165, 1.54) is 23.4 Å². The molecular weight excluding hydrogens is 256 g/mol. The van der Waals surface area contributed by atoms with Gasteiger partial charge in [-0.05, 0) is 29.2 Å². The van der Waals surface area contributed by atoms with Crippen LogP contribution < -0.4 is 0 Å². The van der Waals surface area contributed by atoms with Crippen molar-refractivity contribution in [2.24, 2.45) is 0 Å². The molecule has 0 N–H and O–H groups in total. The molecule has 1 fully saturated rings. The predicted molar refractivity (Wildman–Crippen MR) is 74.4 cm³/mol. The summed E-state index contributed by atoms with van der Waals surface area (Å²) >= 11 is 0. The van der Waals surface area contributed by atoms with Gasteiger partial charge in [-0.25, -0.2) is 4.79 Å². The first-order valence-corrected chi connectivity index (χ1v) is 6.64. The van der Waals surface area contributed by atoms with Crippen LogP contribution in [-0.4, -0.2) is 25.7 Å². The van der Waals surface area contributed by atoms with E-state index in [9.17, 15) is 4.79 Å². The number of methoxy groups -OCH3 is 1. The highest BCUT2D eigenvalue weighted by atomic mass is 16.8. The lowest BCUT2D eigenvalue weighted by molar-refractivity contribution is -0.0780. The van der Waals surface area contributed by atoms with Gasteiger partial charge in [-0.15, -0.1) is 0 Å². The van der Waals surface area contributed by atoms with Crippen LogP contribution >= 0.6 is 0 Å². The molecule has 0 saturated carbocycles. The standard InChI is InChI=1S/C16H16O4/c1-18-15-14(19-16(17)20-15)9-7-11-6-8-12-4-2-3-5-13(12)10-11/h2-6,8,10,14-15H,7,9H2,1H3. The molecule has 4 heteroatoms. The maximum atomic E-state index is 11.1. The lowest BCUT2D eigenvalue weighted by Gasteiger charge is -2.13. The van der Waals surface area contributed by atoms with Crippen molar-refractivity contribution in [1.29, 1.82) is 0 Å². The van der Waals surface area contributed by atoms with Crippen LogP contribution in [-0.2, 0) is 20.6 Å². The van der Waals surface area contributed by atoms with Gasteiger partial charge in [0.2, 0.25) is 6.29 Å². The first kappa shape index (κ1) is 12.9. The number of carbonyl (C=O) groups is 1. The molecule has 0 bridgehead atoms. The number of hydrogen-bond donors (Lipinski definition) is 0. The molecule has 0 radical (unpaired) electrons. The maximum Gasteiger partial charge on any atom is 0.511 e. The van der Waals surface area contributed by atoms with E-state index in [2.05, 4.69) is 30.3 Å². The lowest BCUT2D eigenvalue weighted by atomic mass is 10.0. The second-order valence-electron chi connectivity index (χ2n) is 4.85. The van der Waals surface area contributed by atoms with Crippen molar-refractivity contribution < 1.29 is 19.0 Å². The number of fused-ring (bicyclic) bond motifs is 1. The third-order valence-electron chi connectivity index (χ3n) is 3.53. The van der Waals surface area contributed by atoms with E-state index < -0.39 is 12.4 Å². The molecule has 20 heavy (non-hydrogen) atoms. The minimum Gasteiger partial charge on any atom is -0.424 e. The molecular formula is C16H16O4. The van der Waals surface area contributed by atoms with Crippen molar-refractivity contribution in [3.8, 4) is 0 Å². The number of benzene rings is 2. The molecule has 2 atom stereocenters. The van der Waals surface area contributed by atoms with Crippen molar-refractivity contribution in [1.82, 2.24) is 0 Å². The summed E-state index contributed by atoms with van der Waals surface area (Å²) in [4.78, 5) is 11.1. The summed E-state index contributed by atoms with van der Waals surface area (Å²) in [5.41, 5.74) is 1.21. The summed E-state index contributed by atoms with van der Waals surface area (Å²) < 4.78 is 15.1. The number of ether oxygens (including phenoxy) is 3. The summed E-state index contributed by atoms with van der Waals surface area (Å²) in [6.45, 7) is 0. The molecule has 2 unspecified atom stereocenters. The number of aryl methyl sites for hydroxylation is 1. The van der Waals surface area contributed by atoms with Crippen molar-refractivity contribution in [3.05, 3.63) is 48.0 Å². The van der Waals surface area contributed by atoms with Crippen LogP contribution in [0.1, 0.15) is 12.0 Å². The first-order chi connectivity index (χ1) is 9.76. The van der Waals surface area contributed by atoms with E-state index in [4.69, 9.17) is 14.2 Å². The van der Waals surface area contributed by atoms with Gasteiger partial charge in [0.25, 0.3) is 0 Å². The van der Waals surface area contributed by atoms with Gasteiger partial charge in [0.15, 0.2) is 6.10 Å². The zero-order chi connectivity index (χ0) is 13.9. The molecule has 0 spiro atoms. The van der Waals surface area contributed by atoms with Gasteiger partial charge in [0.1, 0.15) is 0 Å². The quantitative estimate of drug-likeness (QED) is 0.801. The molecule has 1 heterocycles. The molecule has 0 aliphatic carbocycles. The normalized spacial score (nSPS) is 21.8. The van der Waals surface area contributed by atoms with Gasteiger partial charge in [0, 0.05) is 7.11 Å². The largest absolute Gasteiger partial charge is 0.511 e. The molecule has 1 saturated heterocycles. The van der Waals surface area contributed by atoms with Crippen molar-refractivity contribution in [3.63, 3.8) is 0 Å². The van der Waals surface area contributed by atoms with Crippen LogP contribution in [0.4, 0.5) is 4.79 Å². The smallest absolute Gasteiger partial charge is 0.424 e. The average Bonchev–Trinajstić information content (AvgIpc) is 2.85. The van der Waals surface area contributed by atoms with Gasteiger partial charge < -0.3 is 14.2 Å². The van der Waals surface area contributed by atoms with E-state index in [1.54, 1.807) is 0 Å². The molecule has 2 aromatic rings. The Labute approximate surface area is 117 Å². The lowest BCUT2D eigenvalue weighted by Crippen LogP contribution is -2.24.